The van der Waals surface area contributed by atoms with Crippen molar-refractivity contribution in [2.75, 3.05) is 5.43 Å². The van der Waals surface area contributed by atoms with Crippen molar-refractivity contribution in [3.05, 3.63) is 82.0 Å². The molecule has 0 saturated carbocycles. The van der Waals surface area contributed by atoms with E-state index >= 15 is 0 Å². The molecule has 0 saturated heterocycles. The fourth-order valence-electron chi connectivity index (χ4n) is 2.83. The van der Waals surface area contributed by atoms with E-state index in [1.807, 2.05) is 55.5 Å². The molecule has 1 N–H and O–H groups in total. The zero-order valence-corrected chi connectivity index (χ0v) is 16.3. The van der Waals surface area contributed by atoms with Crippen molar-refractivity contribution in [2.45, 2.75) is 19.8 Å². The minimum atomic E-state index is -1.13. The van der Waals surface area contributed by atoms with Crippen LogP contribution in [0.15, 0.2) is 65.1 Å². The van der Waals surface area contributed by atoms with Gasteiger partial charge in [-0.2, -0.15) is 0 Å². The molecular formula is C21H18BrN2O3-. The minimum Gasteiger partial charge on any atom is -0.550 e. The molecule has 27 heavy (non-hydrogen) atoms. The fourth-order valence-corrected chi connectivity index (χ4v) is 3.10. The molecule has 1 aromatic heterocycles. The number of nitrogens with zero attached hydrogens (tertiary/aromatic N) is 1. The van der Waals surface area contributed by atoms with Crippen molar-refractivity contribution >= 4 is 27.8 Å². The molecule has 1 amide bonds. The largest absolute Gasteiger partial charge is 0.550 e. The Hall–Kier alpha value is -2.86. The standard InChI is InChI=1S/C21H19BrN2O3/c1-14-3-2-4-16(13-14)21(27)23-24-18(10-12-20(25)26)9-11-19(24)15-5-7-17(22)8-6-15/h2-9,11,13H,10,12H2,1H3,(H,23,27)(H,25,26)/p-1. The molecule has 0 spiro atoms. The van der Waals surface area contributed by atoms with Gasteiger partial charge in [-0.05, 0) is 56.2 Å². The normalized spacial score (nSPS) is 10.6. The van der Waals surface area contributed by atoms with Crippen LogP contribution < -0.4 is 10.5 Å². The highest BCUT2D eigenvalue weighted by molar-refractivity contribution is 9.10. The summed E-state index contributed by atoms with van der Waals surface area (Å²) in [6.07, 6.45) is 0.136. The maximum absolute atomic E-state index is 12.7. The Morgan fingerprint density at radius 1 is 1.07 bits per heavy atom. The van der Waals surface area contributed by atoms with Gasteiger partial charge in [0.15, 0.2) is 0 Å². The molecule has 1 heterocycles. The summed E-state index contributed by atoms with van der Waals surface area (Å²) in [6, 6.07) is 18.7. The topological polar surface area (TPSA) is 74.2 Å². The first-order chi connectivity index (χ1) is 12.9. The molecule has 2 aromatic carbocycles. The molecule has 0 aliphatic rings. The SMILES string of the molecule is Cc1cccc(C(=O)Nn2c(CCC(=O)[O-])ccc2-c2ccc(Br)cc2)c1. The fraction of sp³-hybridized carbons (Fsp3) is 0.143. The Labute approximate surface area is 165 Å². The van der Waals surface area contributed by atoms with Gasteiger partial charge >= 0.3 is 0 Å². The number of nitrogens with one attached hydrogen (secondary N) is 1. The number of amides is 1. The van der Waals surface area contributed by atoms with Crippen molar-refractivity contribution in [1.29, 1.82) is 0 Å². The van der Waals surface area contributed by atoms with E-state index in [9.17, 15) is 14.7 Å². The molecule has 0 aliphatic carbocycles. The lowest BCUT2D eigenvalue weighted by Crippen LogP contribution is -2.27. The van der Waals surface area contributed by atoms with Gasteiger partial charge in [0.25, 0.3) is 5.91 Å². The number of carbonyl (C=O) groups is 2. The van der Waals surface area contributed by atoms with Gasteiger partial charge < -0.3 is 9.90 Å². The number of carboxylic acid groups (broad SMARTS) is 1. The van der Waals surface area contributed by atoms with Crippen LogP contribution in [0, 0.1) is 6.92 Å². The van der Waals surface area contributed by atoms with Crippen LogP contribution in [0.4, 0.5) is 0 Å². The highest BCUT2D eigenvalue weighted by Gasteiger charge is 2.14. The van der Waals surface area contributed by atoms with Crippen LogP contribution in [0.25, 0.3) is 11.3 Å². The third kappa shape index (κ3) is 4.65. The second-order valence-electron chi connectivity index (χ2n) is 6.23. The summed E-state index contributed by atoms with van der Waals surface area (Å²) in [5.74, 6) is -1.39. The number of aryl methyl sites for hydroxylation is 2. The van der Waals surface area contributed by atoms with E-state index in [4.69, 9.17) is 0 Å². The quantitative estimate of drug-likeness (QED) is 0.658. The van der Waals surface area contributed by atoms with Crippen LogP contribution >= 0.6 is 15.9 Å². The Morgan fingerprint density at radius 3 is 2.48 bits per heavy atom. The Morgan fingerprint density at radius 2 is 1.81 bits per heavy atom. The third-order valence-corrected chi connectivity index (χ3v) is 4.71. The van der Waals surface area contributed by atoms with Gasteiger partial charge in [0.2, 0.25) is 0 Å². The minimum absolute atomic E-state index is 0.121. The number of hydrogen-bond donors (Lipinski definition) is 1. The Kier molecular flexibility index (Phi) is 5.76. The van der Waals surface area contributed by atoms with Crippen molar-refractivity contribution in [1.82, 2.24) is 4.68 Å². The Bertz CT molecular complexity index is 977. The third-order valence-electron chi connectivity index (χ3n) is 4.18. The van der Waals surface area contributed by atoms with E-state index in [-0.39, 0.29) is 18.7 Å². The summed E-state index contributed by atoms with van der Waals surface area (Å²) >= 11 is 3.41. The van der Waals surface area contributed by atoms with Gasteiger partial charge in [-0.3, -0.25) is 14.9 Å². The predicted octanol–water partition coefficient (Wildman–Crippen LogP) is 3.29. The van der Waals surface area contributed by atoms with Gasteiger partial charge in [0.05, 0.1) is 5.69 Å². The number of benzene rings is 2. The summed E-state index contributed by atoms with van der Waals surface area (Å²) in [7, 11) is 0. The first-order valence-corrected chi connectivity index (χ1v) is 9.28. The van der Waals surface area contributed by atoms with Crippen molar-refractivity contribution in [3.8, 4) is 11.3 Å². The number of rotatable bonds is 6. The predicted molar refractivity (Wildman–Crippen MR) is 106 cm³/mol. The zero-order valence-electron chi connectivity index (χ0n) is 14.7. The van der Waals surface area contributed by atoms with E-state index < -0.39 is 5.97 Å². The van der Waals surface area contributed by atoms with Crippen LogP contribution in [0.2, 0.25) is 0 Å². The molecular weight excluding hydrogens is 408 g/mol. The molecule has 0 aliphatic heterocycles. The second kappa shape index (κ2) is 8.22. The molecule has 138 valence electrons. The van der Waals surface area contributed by atoms with Crippen molar-refractivity contribution in [2.24, 2.45) is 0 Å². The van der Waals surface area contributed by atoms with Crippen LogP contribution in [0.3, 0.4) is 0 Å². The average Bonchev–Trinajstić information content (AvgIpc) is 3.03. The molecule has 5 nitrogen and oxygen atoms in total. The van der Waals surface area contributed by atoms with Crippen LogP contribution in [0.5, 0.6) is 0 Å². The first kappa shape index (κ1) is 18.9. The number of halogens is 1. The zero-order chi connectivity index (χ0) is 19.4. The van der Waals surface area contributed by atoms with E-state index in [0.29, 0.717) is 11.3 Å². The molecule has 3 aromatic rings. The summed E-state index contributed by atoms with van der Waals surface area (Å²) in [5.41, 5.74) is 6.79. The number of hydrogen-bond acceptors (Lipinski definition) is 3. The van der Waals surface area contributed by atoms with E-state index in [0.717, 1.165) is 21.3 Å². The molecule has 0 bridgehead atoms. The maximum Gasteiger partial charge on any atom is 0.270 e. The van der Waals surface area contributed by atoms with Crippen LogP contribution in [-0.4, -0.2) is 16.6 Å². The van der Waals surface area contributed by atoms with Crippen LogP contribution in [-0.2, 0) is 11.2 Å². The van der Waals surface area contributed by atoms with Crippen molar-refractivity contribution < 1.29 is 14.7 Å². The van der Waals surface area contributed by atoms with Gasteiger partial charge in [-0.15, -0.1) is 0 Å². The van der Waals surface area contributed by atoms with Crippen LogP contribution in [0.1, 0.15) is 28.0 Å². The maximum atomic E-state index is 12.7. The van der Waals surface area contributed by atoms with Gasteiger partial charge in [0.1, 0.15) is 0 Å². The lowest BCUT2D eigenvalue weighted by atomic mass is 10.1. The molecule has 0 fully saturated rings. The molecule has 6 heteroatoms. The number of carboxylic acids is 1. The summed E-state index contributed by atoms with van der Waals surface area (Å²) in [6.45, 7) is 1.92. The highest BCUT2D eigenvalue weighted by Crippen LogP contribution is 2.24. The summed E-state index contributed by atoms with van der Waals surface area (Å²) < 4.78 is 2.60. The molecule has 0 unspecified atom stereocenters. The number of aliphatic carboxylic acids is 1. The lowest BCUT2D eigenvalue weighted by molar-refractivity contribution is -0.305. The van der Waals surface area contributed by atoms with E-state index in [1.54, 1.807) is 16.8 Å². The summed E-state index contributed by atoms with van der Waals surface area (Å²) in [5, 5.41) is 10.9. The lowest BCUT2D eigenvalue weighted by Gasteiger charge is -2.16. The van der Waals surface area contributed by atoms with Gasteiger partial charge in [-0.1, -0.05) is 45.8 Å². The molecule has 3 rings (SSSR count). The van der Waals surface area contributed by atoms with E-state index in [2.05, 4.69) is 21.4 Å². The average molecular weight is 426 g/mol. The Balaban J connectivity index is 1.96. The van der Waals surface area contributed by atoms with Gasteiger partial charge in [-0.25, -0.2) is 0 Å². The molecule has 0 radical (unpaired) electrons. The van der Waals surface area contributed by atoms with Crippen molar-refractivity contribution in [3.63, 3.8) is 0 Å². The molecule has 0 atom stereocenters. The smallest absolute Gasteiger partial charge is 0.270 e. The number of carbonyl (C=O) groups excluding carboxylic acids is 2. The first-order valence-electron chi connectivity index (χ1n) is 8.48. The number of aromatic nitrogens is 1. The highest BCUT2D eigenvalue weighted by atomic mass is 79.9. The summed E-state index contributed by atoms with van der Waals surface area (Å²) in [4.78, 5) is 23.6. The van der Waals surface area contributed by atoms with E-state index in [1.165, 1.54) is 0 Å². The van der Waals surface area contributed by atoms with Gasteiger partial charge in [0, 0.05) is 27.3 Å². The monoisotopic (exact) mass is 425 g/mol. The second-order valence-corrected chi connectivity index (χ2v) is 7.15.